The number of hydrogen-bond donors (Lipinski definition) is 1. The molecule has 0 unspecified atom stereocenters. The van der Waals surface area contributed by atoms with Crippen molar-refractivity contribution in [3.8, 4) is 0 Å². The Morgan fingerprint density at radius 2 is 2.00 bits per heavy atom. The quantitative estimate of drug-likeness (QED) is 0.808. The lowest BCUT2D eigenvalue weighted by Gasteiger charge is -2.43. The maximum absolute atomic E-state index is 10.5. The van der Waals surface area contributed by atoms with E-state index < -0.39 is 0 Å². The standard InChI is InChI=1S/C17H24NO/c1-17-14-7-8-15(17)16(19)12-18(17,10-9-14)11-13-5-3-2-4-6-13/h2-6,14-16,19H,7-12H2,1H3/q+1/t14-,15+,16+,17+,18+/m0/s1. The van der Waals surface area contributed by atoms with Gasteiger partial charge in [-0.25, -0.2) is 0 Å². The Morgan fingerprint density at radius 1 is 1.21 bits per heavy atom. The third kappa shape index (κ3) is 1.39. The van der Waals surface area contributed by atoms with Gasteiger partial charge in [0.2, 0.25) is 0 Å². The van der Waals surface area contributed by atoms with Gasteiger partial charge in [0.05, 0.1) is 6.54 Å². The number of aliphatic hydroxyl groups excluding tert-OH is 1. The van der Waals surface area contributed by atoms with Crippen molar-refractivity contribution in [3.05, 3.63) is 35.9 Å². The second-order valence-electron chi connectivity index (χ2n) is 7.16. The summed E-state index contributed by atoms with van der Waals surface area (Å²) in [6.45, 7) is 5.83. The van der Waals surface area contributed by atoms with Crippen molar-refractivity contribution in [1.29, 1.82) is 0 Å². The first kappa shape index (κ1) is 11.9. The summed E-state index contributed by atoms with van der Waals surface area (Å²) >= 11 is 0. The van der Waals surface area contributed by atoms with Crippen LogP contribution in [0.15, 0.2) is 30.3 Å². The molecule has 2 aliphatic heterocycles. The molecule has 5 atom stereocenters. The molecule has 1 aliphatic carbocycles. The number of quaternary nitrogens is 1. The first-order valence-corrected chi connectivity index (χ1v) is 7.74. The molecule has 1 N–H and O–H groups in total. The van der Waals surface area contributed by atoms with E-state index in [9.17, 15) is 5.11 Å². The molecule has 3 fully saturated rings. The Morgan fingerprint density at radius 3 is 2.79 bits per heavy atom. The molecule has 0 amide bonds. The topological polar surface area (TPSA) is 20.2 Å². The van der Waals surface area contributed by atoms with Gasteiger partial charge in [0, 0.05) is 23.8 Å². The summed E-state index contributed by atoms with van der Waals surface area (Å²) in [6, 6.07) is 10.9. The molecule has 1 aromatic rings. The van der Waals surface area contributed by atoms with E-state index in [1.54, 1.807) is 0 Å². The smallest absolute Gasteiger partial charge is 0.112 e. The van der Waals surface area contributed by atoms with E-state index in [2.05, 4.69) is 37.3 Å². The van der Waals surface area contributed by atoms with Crippen LogP contribution in [0.3, 0.4) is 0 Å². The first-order valence-electron chi connectivity index (χ1n) is 7.74. The maximum Gasteiger partial charge on any atom is 0.112 e. The zero-order valence-electron chi connectivity index (χ0n) is 11.8. The summed E-state index contributed by atoms with van der Waals surface area (Å²) in [4.78, 5) is 0. The van der Waals surface area contributed by atoms with Crippen LogP contribution in [-0.4, -0.2) is 34.3 Å². The van der Waals surface area contributed by atoms with Gasteiger partial charge in [0.15, 0.2) is 0 Å². The van der Waals surface area contributed by atoms with Gasteiger partial charge in [0.25, 0.3) is 0 Å². The summed E-state index contributed by atoms with van der Waals surface area (Å²) in [5.74, 6) is 1.39. The normalized spacial score (nSPS) is 47.6. The molecule has 2 saturated heterocycles. The van der Waals surface area contributed by atoms with Crippen LogP contribution in [0.2, 0.25) is 0 Å². The SMILES string of the molecule is C[C@@]12[C@H]3CC[C@@H]1[C@H](O)C[N@+]2(Cc1ccccc1)CC3. The van der Waals surface area contributed by atoms with Gasteiger partial charge in [-0.2, -0.15) is 0 Å². The number of rotatable bonds is 2. The summed E-state index contributed by atoms with van der Waals surface area (Å²) in [5.41, 5.74) is 1.78. The van der Waals surface area contributed by atoms with Crippen molar-refractivity contribution in [2.75, 3.05) is 13.1 Å². The van der Waals surface area contributed by atoms with E-state index in [0.717, 1.165) is 23.5 Å². The van der Waals surface area contributed by atoms with Crippen molar-refractivity contribution in [2.45, 2.75) is 44.4 Å². The predicted octanol–water partition coefficient (Wildman–Crippen LogP) is 2.57. The molecular weight excluding hydrogens is 234 g/mol. The fourth-order valence-electron chi connectivity index (χ4n) is 5.69. The summed E-state index contributed by atoms with van der Waals surface area (Å²) in [5, 5.41) is 10.5. The highest BCUT2D eigenvalue weighted by atomic mass is 16.3. The third-order valence-corrected chi connectivity index (χ3v) is 6.66. The van der Waals surface area contributed by atoms with Gasteiger partial charge in [-0.3, -0.25) is 0 Å². The Bertz CT molecular complexity index is 487. The predicted molar refractivity (Wildman–Crippen MR) is 75.4 cm³/mol. The fraction of sp³-hybridized carbons (Fsp3) is 0.647. The van der Waals surface area contributed by atoms with Crippen LogP contribution in [0, 0.1) is 11.8 Å². The molecule has 4 rings (SSSR count). The second kappa shape index (κ2) is 3.83. The van der Waals surface area contributed by atoms with Crippen molar-refractivity contribution in [2.24, 2.45) is 11.8 Å². The van der Waals surface area contributed by atoms with E-state index in [1.807, 2.05) is 0 Å². The van der Waals surface area contributed by atoms with E-state index >= 15 is 0 Å². The van der Waals surface area contributed by atoms with E-state index in [1.165, 1.54) is 31.4 Å². The van der Waals surface area contributed by atoms with Gasteiger partial charge in [-0.15, -0.1) is 0 Å². The molecule has 3 aliphatic rings. The van der Waals surface area contributed by atoms with Crippen LogP contribution in [0.1, 0.15) is 31.7 Å². The lowest BCUT2D eigenvalue weighted by Crippen LogP contribution is -2.57. The van der Waals surface area contributed by atoms with Gasteiger partial charge >= 0.3 is 0 Å². The Kier molecular flexibility index (Phi) is 2.40. The van der Waals surface area contributed by atoms with E-state index in [4.69, 9.17) is 0 Å². The highest BCUT2D eigenvalue weighted by molar-refractivity contribution is 5.15. The summed E-state index contributed by atoms with van der Waals surface area (Å²) < 4.78 is 1.15. The monoisotopic (exact) mass is 258 g/mol. The molecular formula is C17H24NO+. The van der Waals surface area contributed by atoms with Crippen molar-refractivity contribution in [1.82, 2.24) is 0 Å². The zero-order chi connectivity index (χ0) is 13.1. The minimum atomic E-state index is -0.0704. The van der Waals surface area contributed by atoms with Crippen LogP contribution >= 0.6 is 0 Å². The second-order valence-corrected chi connectivity index (χ2v) is 7.16. The van der Waals surface area contributed by atoms with Gasteiger partial charge in [-0.1, -0.05) is 30.3 Å². The minimum Gasteiger partial charge on any atom is -0.387 e. The van der Waals surface area contributed by atoms with Crippen molar-refractivity contribution < 1.29 is 9.59 Å². The summed E-state index contributed by atoms with van der Waals surface area (Å²) in [6.07, 6.45) is 3.88. The third-order valence-electron chi connectivity index (χ3n) is 6.66. The van der Waals surface area contributed by atoms with Gasteiger partial charge in [-0.05, 0) is 19.8 Å². The molecule has 2 heteroatoms. The number of nitrogens with zero attached hydrogens (tertiary/aromatic N) is 1. The number of aliphatic hydroxyl groups is 1. The average molecular weight is 258 g/mol. The number of benzene rings is 1. The van der Waals surface area contributed by atoms with E-state index in [0.29, 0.717) is 11.5 Å². The molecule has 0 spiro atoms. The molecule has 2 nitrogen and oxygen atoms in total. The highest BCUT2D eigenvalue weighted by Crippen LogP contribution is 2.60. The van der Waals surface area contributed by atoms with Crippen LogP contribution in [0.4, 0.5) is 0 Å². The lowest BCUT2D eigenvalue weighted by molar-refractivity contribution is -0.966. The minimum absolute atomic E-state index is 0.0704. The summed E-state index contributed by atoms with van der Waals surface area (Å²) in [7, 11) is 0. The molecule has 1 aromatic carbocycles. The lowest BCUT2D eigenvalue weighted by atomic mass is 9.83. The fourth-order valence-corrected chi connectivity index (χ4v) is 5.69. The number of hydrogen-bond acceptors (Lipinski definition) is 1. The van der Waals surface area contributed by atoms with Crippen molar-refractivity contribution in [3.63, 3.8) is 0 Å². The van der Waals surface area contributed by atoms with Crippen LogP contribution in [0.25, 0.3) is 0 Å². The molecule has 0 radical (unpaired) electrons. The molecule has 2 heterocycles. The molecule has 1 saturated carbocycles. The Hall–Kier alpha value is -0.860. The molecule has 102 valence electrons. The highest BCUT2D eigenvalue weighted by Gasteiger charge is 2.70. The zero-order valence-corrected chi connectivity index (χ0v) is 11.8. The van der Waals surface area contributed by atoms with Gasteiger partial charge < -0.3 is 9.59 Å². The maximum atomic E-state index is 10.5. The Labute approximate surface area is 115 Å². The van der Waals surface area contributed by atoms with Gasteiger partial charge in [0.1, 0.15) is 24.7 Å². The largest absolute Gasteiger partial charge is 0.387 e. The molecule has 0 aromatic heterocycles. The van der Waals surface area contributed by atoms with E-state index in [-0.39, 0.29) is 6.10 Å². The van der Waals surface area contributed by atoms with Crippen LogP contribution in [0.5, 0.6) is 0 Å². The van der Waals surface area contributed by atoms with Crippen LogP contribution < -0.4 is 0 Å². The molecule has 19 heavy (non-hydrogen) atoms. The van der Waals surface area contributed by atoms with Crippen LogP contribution in [-0.2, 0) is 6.54 Å². The Balaban J connectivity index is 1.73. The average Bonchev–Trinajstić information content (AvgIpc) is 2.95. The first-order chi connectivity index (χ1) is 9.16. The molecule has 0 bridgehead atoms. The van der Waals surface area contributed by atoms with Crippen molar-refractivity contribution >= 4 is 0 Å².